The van der Waals surface area contributed by atoms with Crippen molar-refractivity contribution in [3.63, 3.8) is 0 Å². The number of hydrogen-bond donors (Lipinski definition) is 1. The number of unbranched alkanes of at least 4 members (excludes halogenated alkanes) is 2. The van der Waals surface area contributed by atoms with Gasteiger partial charge < -0.3 is 14.6 Å². The summed E-state index contributed by atoms with van der Waals surface area (Å²) in [5, 5.41) is 8.90. The molecule has 5 heteroatoms. The van der Waals surface area contributed by atoms with E-state index in [-0.39, 0.29) is 36.4 Å². The maximum atomic E-state index is 12.4. The molecule has 30 heavy (non-hydrogen) atoms. The lowest BCUT2D eigenvalue weighted by atomic mass is 9.62. The van der Waals surface area contributed by atoms with E-state index in [1.54, 1.807) is 0 Å². The smallest absolute Gasteiger partial charge is 0.311 e. The van der Waals surface area contributed by atoms with E-state index in [2.05, 4.69) is 39.8 Å². The summed E-state index contributed by atoms with van der Waals surface area (Å²) in [7, 11) is 0. The molecule has 3 aliphatic rings. The maximum Gasteiger partial charge on any atom is 0.311 e. The molecule has 0 aromatic rings. The fraction of sp³-hybridized carbons (Fsp3) is 0.680. The van der Waals surface area contributed by atoms with Gasteiger partial charge in [-0.05, 0) is 69.9 Å². The number of esters is 1. The zero-order valence-corrected chi connectivity index (χ0v) is 18.8. The second-order valence-corrected chi connectivity index (χ2v) is 9.56. The molecule has 1 aliphatic heterocycles. The van der Waals surface area contributed by atoms with Crippen molar-refractivity contribution in [2.24, 2.45) is 17.8 Å². The Labute approximate surface area is 180 Å². The van der Waals surface area contributed by atoms with Gasteiger partial charge in [0.2, 0.25) is 0 Å². The molecular weight excluding hydrogens is 380 g/mol. The molecule has 166 valence electrons. The third kappa shape index (κ3) is 5.23. The first kappa shape index (κ1) is 22.8. The predicted octanol–water partition coefficient (Wildman–Crippen LogP) is 5.56. The van der Waals surface area contributed by atoms with Gasteiger partial charge in [-0.3, -0.25) is 9.59 Å². The molecule has 5 nitrogen and oxygen atoms in total. The number of fused-ring (bicyclic) bond motifs is 3. The summed E-state index contributed by atoms with van der Waals surface area (Å²) < 4.78 is 12.4. The lowest BCUT2D eigenvalue weighted by Crippen LogP contribution is -2.54. The Morgan fingerprint density at radius 1 is 1.23 bits per heavy atom. The van der Waals surface area contributed by atoms with Crippen LogP contribution in [-0.2, 0) is 19.1 Å². The first-order chi connectivity index (χ1) is 14.2. The molecule has 0 saturated carbocycles. The fourth-order valence-corrected chi connectivity index (χ4v) is 5.25. The van der Waals surface area contributed by atoms with E-state index < -0.39 is 11.9 Å². The Bertz CT molecular complexity index is 758. The van der Waals surface area contributed by atoms with E-state index in [0.717, 1.165) is 44.1 Å². The van der Waals surface area contributed by atoms with Crippen LogP contribution in [-0.4, -0.2) is 28.8 Å². The molecule has 1 N–H and O–H groups in total. The number of carboxylic acid groups (broad SMARTS) is 1. The van der Waals surface area contributed by atoms with Crippen LogP contribution in [0.15, 0.2) is 35.1 Å². The van der Waals surface area contributed by atoms with Crippen LogP contribution in [0.25, 0.3) is 0 Å². The van der Waals surface area contributed by atoms with Gasteiger partial charge in [-0.25, -0.2) is 0 Å². The number of carboxylic acids is 1. The van der Waals surface area contributed by atoms with Crippen LogP contribution in [0.4, 0.5) is 0 Å². The van der Waals surface area contributed by atoms with Crippen molar-refractivity contribution in [2.45, 2.75) is 90.8 Å². The summed E-state index contributed by atoms with van der Waals surface area (Å²) in [6, 6.07) is 0. The van der Waals surface area contributed by atoms with Gasteiger partial charge in [-0.1, -0.05) is 37.5 Å². The van der Waals surface area contributed by atoms with Gasteiger partial charge in [-0.15, -0.1) is 0 Å². The Morgan fingerprint density at radius 3 is 2.70 bits per heavy atom. The first-order valence-corrected chi connectivity index (χ1v) is 11.4. The van der Waals surface area contributed by atoms with Crippen molar-refractivity contribution in [2.75, 3.05) is 0 Å². The Hall–Kier alpha value is -1.88. The Kier molecular flexibility index (Phi) is 7.22. The van der Waals surface area contributed by atoms with Crippen molar-refractivity contribution in [3.8, 4) is 0 Å². The summed E-state index contributed by atoms with van der Waals surface area (Å²) in [5.41, 5.74) is 2.28. The lowest BCUT2D eigenvalue weighted by molar-refractivity contribution is -0.175. The minimum atomic E-state index is -0.990. The van der Waals surface area contributed by atoms with Crippen molar-refractivity contribution in [3.05, 3.63) is 35.1 Å². The highest BCUT2D eigenvalue weighted by Gasteiger charge is 2.51. The average Bonchev–Trinajstić information content (AvgIpc) is 2.65. The number of carbonyl (C=O) groups excluding carboxylic acids is 1. The van der Waals surface area contributed by atoms with Crippen molar-refractivity contribution < 1.29 is 24.2 Å². The van der Waals surface area contributed by atoms with Crippen molar-refractivity contribution in [1.82, 2.24) is 0 Å². The normalized spacial score (nSPS) is 29.7. The summed E-state index contributed by atoms with van der Waals surface area (Å²) >= 11 is 0. The van der Waals surface area contributed by atoms with E-state index in [9.17, 15) is 9.59 Å². The van der Waals surface area contributed by atoms with Crippen molar-refractivity contribution in [1.29, 1.82) is 0 Å². The van der Waals surface area contributed by atoms with E-state index in [1.807, 2.05) is 6.08 Å². The summed E-state index contributed by atoms with van der Waals surface area (Å²) in [5.74, 6) is -0.243. The van der Waals surface area contributed by atoms with Crippen molar-refractivity contribution >= 4 is 11.9 Å². The predicted molar refractivity (Wildman–Crippen MR) is 116 cm³/mol. The van der Waals surface area contributed by atoms with E-state index in [0.29, 0.717) is 11.7 Å². The Balaban J connectivity index is 1.89. The molecule has 2 aliphatic carbocycles. The molecule has 1 heterocycles. The van der Waals surface area contributed by atoms with Gasteiger partial charge in [-0.2, -0.15) is 0 Å². The second kappa shape index (κ2) is 9.51. The summed E-state index contributed by atoms with van der Waals surface area (Å²) in [6.45, 7) is 8.71. The molecule has 1 fully saturated rings. The molecule has 0 spiro atoms. The van der Waals surface area contributed by atoms with Gasteiger partial charge in [0.05, 0.1) is 30.5 Å². The van der Waals surface area contributed by atoms with Crippen LogP contribution >= 0.6 is 0 Å². The second-order valence-electron chi connectivity index (χ2n) is 9.56. The molecule has 1 saturated heterocycles. The third-order valence-corrected chi connectivity index (χ3v) is 6.77. The number of aliphatic carboxylic acids is 1. The highest BCUT2D eigenvalue weighted by molar-refractivity contribution is 5.77. The van der Waals surface area contributed by atoms with E-state index in [1.165, 1.54) is 5.57 Å². The van der Waals surface area contributed by atoms with Crippen LogP contribution in [0.1, 0.15) is 79.1 Å². The van der Waals surface area contributed by atoms with Gasteiger partial charge in [0.25, 0.3) is 0 Å². The zero-order valence-electron chi connectivity index (χ0n) is 18.8. The quantitative estimate of drug-likeness (QED) is 0.318. The summed E-state index contributed by atoms with van der Waals surface area (Å²) in [6.07, 6.45) is 12.6. The highest BCUT2D eigenvalue weighted by atomic mass is 16.5. The molecule has 4 atom stereocenters. The van der Waals surface area contributed by atoms with Crippen LogP contribution in [0.2, 0.25) is 0 Å². The topological polar surface area (TPSA) is 72.8 Å². The van der Waals surface area contributed by atoms with Crippen LogP contribution in [0.5, 0.6) is 0 Å². The highest BCUT2D eigenvalue weighted by Crippen LogP contribution is 2.52. The van der Waals surface area contributed by atoms with Gasteiger partial charge in [0.1, 0.15) is 5.76 Å². The van der Waals surface area contributed by atoms with Crippen LogP contribution < -0.4 is 0 Å². The fourth-order valence-electron chi connectivity index (χ4n) is 5.25. The van der Waals surface area contributed by atoms with Crippen LogP contribution in [0.3, 0.4) is 0 Å². The largest absolute Gasteiger partial charge is 0.481 e. The molecule has 0 bridgehead atoms. The molecule has 3 rings (SSSR count). The number of allylic oxidation sites excluding steroid dienone is 4. The van der Waals surface area contributed by atoms with Gasteiger partial charge >= 0.3 is 11.9 Å². The molecule has 0 amide bonds. The SMILES string of the molecule is CCCCCC1=CC2OC(C)(C)[C@@H]3CCC(C)=C[C@H]3C2C(OC(=O)CCC(=O)O)=C1. The molecule has 0 aromatic carbocycles. The average molecular weight is 417 g/mol. The molecule has 0 aromatic heterocycles. The minimum Gasteiger partial charge on any atom is -0.481 e. The number of rotatable bonds is 8. The van der Waals surface area contributed by atoms with Crippen LogP contribution in [0, 0.1) is 17.8 Å². The minimum absolute atomic E-state index is 0.0398. The standard InChI is InChI=1S/C25H36O5/c1-5-6-7-8-17-14-20(29-23(28)12-11-22(26)27)24-18-13-16(2)9-10-19(18)25(3,4)30-21(24)15-17/h13-15,18-19,21,24H,5-12H2,1-4H3,(H,26,27)/t18-,19-,21?,24?/m1/s1. The molecular formula is C25H36O5. The lowest BCUT2D eigenvalue weighted by Gasteiger charge is -2.53. The maximum absolute atomic E-state index is 12.4. The Morgan fingerprint density at radius 2 is 2.00 bits per heavy atom. The number of carbonyl (C=O) groups is 2. The van der Waals surface area contributed by atoms with Gasteiger partial charge in [0, 0.05) is 0 Å². The first-order valence-electron chi connectivity index (χ1n) is 11.4. The molecule has 0 radical (unpaired) electrons. The van der Waals surface area contributed by atoms with Gasteiger partial charge in [0.15, 0.2) is 0 Å². The van der Waals surface area contributed by atoms with E-state index >= 15 is 0 Å². The molecule has 2 unspecified atom stereocenters. The number of ether oxygens (including phenoxy) is 2. The third-order valence-electron chi connectivity index (χ3n) is 6.77. The number of hydrogen-bond acceptors (Lipinski definition) is 4. The monoisotopic (exact) mass is 416 g/mol. The zero-order chi connectivity index (χ0) is 21.9. The summed E-state index contributed by atoms with van der Waals surface area (Å²) in [4.78, 5) is 23.3. The van der Waals surface area contributed by atoms with E-state index in [4.69, 9.17) is 14.6 Å².